The molecule has 1 aromatic carbocycles. The van der Waals surface area contributed by atoms with Gasteiger partial charge in [-0.15, -0.1) is 11.3 Å². The summed E-state index contributed by atoms with van der Waals surface area (Å²) in [6, 6.07) is 5.39. The highest BCUT2D eigenvalue weighted by atomic mass is 79.9. The van der Waals surface area contributed by atoms with Crippen LogP contribution < -0.4 is 4.72 Å². The zero-order valence-electron chi connectivity index (χ0n) is 13.6. The molecule has 1 fully saturated rings. The van der Waals surface area contributed by atoms with E-state index in [1.54, 1.807) is 24.3 Å². The van der Waals surface area contributed by atoms with Gasteiger partial charge in [0.25, 0.3) is 0 Å². The minimum atomic E-state index is -3.53. The van der Waals surface area contributed by atoms with Crippen molar-refractivity contribution in [2.24, 2.45) is 0 Å². The van der Waals surface area contributed by atoms with E-state index < -0.39 is 10.0 Å². The molecule has 2 aromatic rings. The van der Waals surface area contributed by atoms with Crippen molar-refractivity contribution in [3.05, 3.63) is 33.9 Å². The molecule has 0 radical (unpaired) electrons. The van der Waals surface area contributed by atoms with Crippen molar-refractivity contribution in [3.8, 4) is 10.4 Å². The van der Waals surface area contributed by atoms with Crippen LogP contribution in [0.2, 0.25) is 0 Å². The fraction of sp³-hybridized carbons (Fsp3) is 0.471. The van der Waals surface area contributed by atoms with Crippen LogP contribution in [0.4, 0.5) is 0 Å². The van der Waals surface area contributed by atoms with Crippen LogP contribution in [0, 0.1) is 0 Å². The Bertz CT molecular complexity index is 812. The molecular formula is C17H21BrN2O2S2. The molecule has 0 unspecified atom stereocenters. The highest BCUT2D eigenvalue weighted by Crippen LogP contribution is 2.39. The fourth-order valence-corrected chi connectivity index (χ4v) is 6.13. The van der Waals surface area contributed by atoms with Gasteiger partial charge in [0.2, 0.25) is 10.0 Å². The van der Waals surface area contributed by atoms with E-state index in [4.69, 9.17) is 0 Å². The molecule has 0 spiro atoms. The second-order valence-electron chi connectivity index (χ2n) is 6.04. The molecule has 0 saturated heterocycles. The van der Waals surface area contributed by atoms with Gasteiger partial charge in [0.05, 0.1) is 14.8 Å². The largest absolute Gasteiger partial charge is 0.249 e. The quantitative estimate of drug-likeness (QED) is 0.734. The molecule has 130 valence electrons. The maximum absolute atomic E-state index is 12.5. The van der Waals surface area contributed by atoms with Crippen LogP contribution in [-0.4, -0.2) is 19.9 Å². The monoisotopic (exact) mass is 428 g/mol. The molecule has 0 aliphatic heterocycles. The van der Waals surface area contributed by atoms with Crippen LogP contribution in [-0.2, 0) is 10.0 Å². The van der Waals surface area contributed by atoms with E-state index in [2.05, 4.69) is 25.6 Å². The SMILES string of the molecule is CCNS(=O)(=O)c1cc(Br)ccc1-c1cnc(C2CCCCC2)s1. The molecule has 1 aromatic heterocycles. The second kappa shape index (κ2) is 7.64. The lowest BCUT2D eigenvalue weighted by atomic mass is 9.90. The topological polar surface area (TPSA) is 59.1 Å². The minimum absolute atomic E-state index is 0.303. The maximum atomic E-state index is 12.5. The average molecular weight is 429 g/mol. The number of thiazole rings is 1. The zero-order valence-corrected chi connectivity index (χ0v) is 16.8. The Kier molecular flexibility index (Phi) is 5.74. The maximum Gasteiger partial charge on any atom is 0.241 e. The highest BCUT2D eigenvalue weighted by Gasteiger charge is 2.23. The zero-order chi connectivity index (χ0) is 17.2. The van der Waals surface area contributed by atoms with E-state index in [1.165, 1.54) is 32.1 Å². The summed E-state index contributed by atoms with van der Waals surface area (Å²) in [7, 11) is -3.53. The average Bonchev–Trinajstić information content (AvgIpc) is 3.05. The Morgan fingerprint density at radius 3 is 2.75 bits per heavy atom. The number of nitrogens with zero attached hydrogens (tertiary/aromatic N) is 1. The summed E-state index contributed by atoms with van der Waals surface area (Å²) >= 11 is 5.00. The molecule has 0 bridgehead atoms. The summed E-state index contributed by atoms with van der Waals surface area (Å²) in [5, 5.41) is 1.14. The smallest absolute Gasteiger partial charge is 0.241 e. The number of benzene rings is 1. The van der Waals surface area contributed by atoms with Crippen molar-refractivity contribution < 1.29 is 8.42 Å². The lowest BCUT2D eigenvalue weighted by molar-refractivity contribution is 0.442. The Labute approximate surface area is 155 Å². The van der Waals surface area contributed by atoms with Crippen molar-refractivity contribution in [2.75, 3.05) is 6.54 Å². The number of sulfonamides is 1. The summed E-state index contributed by atoms with van der Waals surface area (Å²) in [5.74, 6) is 0.529. The van der Waals surface area contributed by atoms with Gasteiger partial charge in [0.15, 0.2) is 0 Å². The molecule has 1 saturated carbocycles. The van der Waals surface area contributed by atoms with Crippen molar-refractivity contribution in [1.82, 2.24) is 9.71 Å². The molecule has 0 atom stereocenters. The molecule has 1 aliphatic carbocycles. The first-order valence-corrected chi connectivity index (χ1v) is 11.4. The molecule has 1 aliphatic rings. The fourth-order valence-electron chi connectivity index (χ4n) is 3.14. The standard InChI is InChI=1S/C17H21BrN2O2S2/c1-2-20-24(21,22)16-10-13(18)8-9-14(16)15-11-19-17(23-15)12-6-4-3-5-7-12/h8-12,20H,2-7H2,1H3. The lowest BCUT2D eigenvalue weighted by Gasteiger charge is -2.18. The second-order valence-corrected chi connectivity index (χ2v) is 9.75. The molecule has 1 N–H and O–H groups in total. The number of hydrogen-bond donors (Lipinski definition) is 1. The van der Waals surface area contributed by atoms with Crippen molar-refractivity contribution >= 4 is 37.3 Å². The van der Waals surface area contributed by atoms with Crippen LogP contribution in [0.1, 0.15) is 50.0 Å². The van der Waals surface area contributed by atoms with E-state index in [-0.39, 0.29) is 0 Å². The first-order valence-electron chi connectivity index (χ1n) is 8.26. The van der Waals surface area contributed by atoms with Crippen LogP contribution in [0.25, 0.3) is 10.4 Å². The number of nitrogens with one attached hydrogen (secondary N) is 1. The van der Waals surface area contributed by atoms with Crippen molar-refractivity contribution in [2.45, 2.75) is 49.8 Å². The number of hydrogen-bond acceptors (Lipinski definition) is 4. The molecule has 0 amide bonds. The van der Waals surface area contributed by atoms with Crippen LogP contribution >= 0.6 is 27.3 Å². The third kappa shape index (κ3) is 3.90. The Morgan fingerprint density at radius 2 is 2.04 bits per heavy atom. The number of rotatable bonds is 5. The molecule has 7 heteroatoms. The first kappa shape index (κ1) is 18.0. The lowest BCUT2D eigenvalue weighted by Crippen LogP contribution is -2.23. The summed E-state index contributed by atoms with van der Waals surface area (Å²) in [4.78, 5) is 5.82. The van der Waals surface area contributed by atoms with Crippen LogP contribution in [0.3, 0.4) is 0 Å². The third-order valence-electron chi connectivity index (χ3n) is 4.31. The van der Waals surface area contributed by atoms with E-state index >= 15 is 0 Å². The van der Waals surface area contributed by atoms with Gasteiger partial charge in [0, 0.05) is 28.7 Å². The predicted octanol–water partition coefficient (Wildman–Crippen LogP) is 4.92. The number of aromatic nitrogens is 1. The van der Waals surface area contributed by atoms with E-state index in [9.17, 15) is 8.42 Å². The van der Waals surface area contributed by atoms with Gasteiger partial charge in [-0.1, -0.05) is 48.2 Å². The van der Waals surface area contributed by atoms with Crippen LogP contribution in [0.15, 0.2) is 33.8 Å². The Morgan fingerprint density at radius 1 is 1.29 bits per heavy atom. The van der Waals surface area contributed by atoms with E-state index in [0.29, 0.717) is 17.4 Å². The van der Waals surface area contributed by atoms with Gasteiger partial charge in [-0.3, -0.25) is 0 Å². The molecule has 3 rings (SSSR count). The molecule has 4 nitrogen and oxygen atoms in total. The predicted molar refractivity (Wildman–Crippen MR) is 102 cm³/mol. The van der Waals surface area contributed by atoms with Crippen LogP contribution in [0.5, 0.6) is 0 Å². The van der Waals surface area contributed by atoms with Crippen molar-refractivity contribution in [3.63, 3.8) is 0 Å². The third-order valence-corrected chi connectivity index (χ3v) is 7.58. The van der Waals surface area contributed by atoms with Gasteiger partial charge in [-0.2, -0.15) is 0 Å². The first-order chi connectivity index (χ1) is 11.5. The Hall–Kier alpha value is -0.760. The van der Waals surface area contributed by atoms with E-state index in [1.807, 2.05) is 18.3 Å². The highest BCUT2D eigenvalue weighted by molar-refractivity contribution is 9.10. The minimum Gasteiger partial charge on any atom is -0.249 e. The molecule has 24 heavy (non-hydrogen) atoms. The number of halogens is 1. The summed E-state index contributed by atoms with van der Waals surface area (Å²) < 4.78 is 28.4. The van der Waals surface area contributed by atoms with Gasteiger partial charge in [-0.05, 0) is 25.0 Å². The summed E-state index contributed by atoms with van der Waals surface area (Å²) in [5.41, 5.74) is 0.721. The van der Waals surface area contributed by atoms with Gasteiger partial charge in [-0.25, -0.2) is 18.1 Å². The van der Waals surface area contributed by atoms with Gasteiger partial charge < -0.3 is 0 Å². The van der Waals surface area contributed by atoms with Crippen molar-refractivity contribution in [1.29, 1.82) is 0 Å². The normalized spacial score (nSPS) is 16.4. The van der Waals surface area contributed by atoms with E-state index in [0.717, 1.165) is 19.9 Å². The molecular weight excluding hydrogens is 408 g/mol. The van der Waals surface area contributed by atoms with Gasteiger partial charge in [0.1, 0.15) is 0 Å². The van der Waals surface area contributed by atoms with Gasteiger partial charge >= 0.3 is 0 Å². The summed E-state index contributed by atoms with van der Waals surface area (Å²) in [6.45, 7) is 2.15. The Balaban J connectivity index is 1.99. The summed E-state index contributed by atoms with van der Waals surface area (Å²) in [6.07, 6.45) is 8.04. The molecule has 1 heterocycles.